The lowest BCUT2D eigenvalue weighted by molar-refractivity contribution is 0.167. The Kier molecular flexibility index (Phi) is 1.81. The first-order chi connectivity index (χ1) is 6.36. The van der Waals surface area contributed by atoms with Gasteiger partial charge in [0.25, 0.3) is 0 Å². The summed E-state index contributed by atoms with van der Waals surface area (Å²) in [6, 6.07) is 3.73. The monoisotopic (exact) mass is 178 g/mol. The first-order valence-corrected chi connectivity index (χ1v) is 3.91. The zero-order valence-corrected chi connectivity index (χ0v) is 7.52. The molecular weight excluding hydrogens is 168 g/mol. The van der Waals surface area contributed by atoms with Crippen LogP contribution in [-0.4, -0.2) is 23.9 Å². The van der Waals surface area contributed by atoms with Gasteiger partial charge < -0.3 is 9.57 Å². The highest BCUT2D eigenvalue weighted by Crippen LogP contribution is 2.29. The molecule has 0 bridgehead atoms. The zero-order chi connectivity index (χ0) is 9.26. The summed E-state index contributed by atoms with van der Waals surface area (Å²) >= 11 is 0. The fraction of sp³-hybridized carbons (Fsp3) is 0.222. The third-order valence-corrected chi connectivity index (χ3v) is 1.93. The van der Waals surface area contributed by atoms with Crippen molar-refractivity contribution >= 4 is 0 Å². The van der Waals surface area contributed by atoms with Crippen molar-refractivity contribution in [1.29, 1.82) is 0 Å². The molecule has 0 aromatic heterocycles. The molecule has 0 spiro atoms. The fourth-order valence-corrected chi connectivity index (χ4v) is 1.32. The minimum Gasteiger partial charge on any atom is -0.496 e. The van der Waals surface area contributed by atoms with Crippen molar-refractivity contribution in [3.63, 3.8) is 0 Å². The Hall–Kier alpha value is -1.71. The van der Waals surface area contributed by atoms with Crippen LogP contribution >= 0.6 is 0 Å². The molecule has 0 aromatic rings. The molecule has 0 aliphatic carbocycles. The predicted molar refractivity (Wildman–Crippen MR) is 47.9 cm³/mol. The van der Waals surface area contributed by atoms with Crippen LogP contribution in [0, 0.1) is 0 Å². The molecular formula is C9H10N2O2. The smallest absolute Gasteiger partial charge is 0.179 e. The molecule has 2 heterocycles. The van der Waals surface area contributed by atoms with Gasteiger partial charge in [-0.3, -0.25) is 0 Å². The third kappa shape index (κ3) is 1.11. The molecule has 0 saturated carbocycles. The lowest BCUT2D eigenvalue weighted by Crippen LogP contribution is -2.10. The summed E-state index contributed by atoms with van der Waals surface area (Å²) in [6.07, 6.45) is 3.50. The van der Waals surface area contributed by atoms with Crippen LogP contribution in [0.2, 0.25) is 0 Å². The van der Waals surface area contributed by atoms with Gasteiger partial charge in [0, 0.05) is 18.5 Å². The van der Waals surface area contributed by atoms with Gasteiger partial charge in [-0.05, 0) is 6.07 Å². The van der Waals surface area contributed by atoms with E-state index in [1.807, 2.05) is 12.1 Å². The van der Waals surface area contributed by atoms with Crippen LogP contribution in [-0.2, 0) is 0 Å². The van der Waals surface area contributed by atoms with E-state index < -0.39 is 0 Å². The molecule has 68 valence electrons. The number of methoxy groups -OCH3 is 1. The summed E-state index contributed by atoms with van der Waals surface area (Å²) in [5.74, 6) is 1.57. The van der Waals surface area contributed by atoms with E-state index in [-0.39, 0.29) is 0 Å². The highest BCUT2D eigenvalue weighted by atomic mass is 16.6. The number of hydrogen-bond donors (Lipinski definition) is 0. The molecule has 0 radical (unpaired) electrons. The van der Waals surface area contributed by atoms with E-state index in [0.717, 1.165) is 17.1 Å². The van der Waals surface area contributed by atoms with Crippen LogP contribution in [0.3, 0.4) is 0 Å². The second-order valence-electron chi connectivity index (χ2n) is 2.57. The Balaban J connectivity index is 2.63. The van der Waals surface area contributed by atoms with E-state index >= 15 is 0 Å². The van der Waals surface area contributed by atoms with Crippen molar-refractivity contribution in [2.75, 3.05) is 14.2 Å². The summed E-state index contributed by atoms with van der Waals surface area (Å²) in [6.45, 7) is 0. The van der Waals surface area contributed by atoms with Crippen LogP contribution in [0.1, 0.15) is 0 Å². The topological polar surface area (TPSA) is 36.3 Å². The second-order valence-corrected chi connectivity index (χ2v) is 2.57. The van der Waals surface area contributed by atoms with Crippen LogP contribution in [0.4, 0.5) is 0 Å². The molecule has 2 aliphatic heterocycles. The van der Waals surface area contributed by atoms with Gasteiger partial charge in [0.2, 0.25) is 0 Å². The number of fused-ring (bicyclic) bond motifs is 1. The van der Waals surface area contributed by atoms with Gasteiger partial charge in [0.15, 0.2) is 5.82 Å². The van der Waals surface area contributed by atoms with Crippen LogP contribution in [0.15, 0.2) is 24.5 Å². The number of rotatable bonds is 2. The van der Waals surface area contributed by atoms with E-state index in [1.54, 1.807) is 31.3 Å². The van der Waals surface area contributed by atoms with E-state index in [9.17, 15) is 0 Å². The van der Waals surface area contributed by atoms with Gasteiger partial charge in [-0.2, -0.15) is 4.73 Å². The van der Waals surface area contributed by atoms with Crippen LogP contribution < -0.4 is 9.57 Å². The van der Waals surface area contributed by atoms with Gasteiger partial charge in [-0.15, -0.1) is 0 Å². The summed E-state index contributed by atoms with van der Waals surface area (Å²) in [5, 5.41) is 0. The lowest BCUT2D eigenvalue weighted by atomic mass is 10.2. The third-order valence-electron chi connectivity index (χ3n) is 1.93. The Morgan fingerprint density at radius 1 is 1.31 bits per heavy atom. The predicted octanol–water partition coefficient (Wildman–Crippen LogP) is 1.05. The van der Waals surface area contributed by atoms with Crippen molar-refractivity contribution in [2.45, 2.75) is 0 Å². The minimum atomic E-state index is 0.766. The van der Waals surface area contributed by atoms with E-state index in [4.69, 9.17) is 9.57 Å². The van der Waals surface area contributed by atoms with Gasteiger partial charge in [0.05, 0.1) is 12.7 Å². The summed E-state index contributed by atoms with van der Waals surface area (Å²) in [7, 11) is 3.24. The molecule has 4 nitrogen and oxygen atoms in total. The molecule has 2 rings (SSSR count). The van der Waals surface area contributed by atoms with Gasteiger partial charge >= 0.3 is 0 Å². The first kappa shape index (κ1) is 7.91. The number of pyridine rings is 1. The van der Waals surface area contributed by atoms with Gasteiger partial charge in [-0.25, -0.2) is 4.98 Å². The fourth-order valence-electron chi connectivity index (χ4n) is 1.32. The largest absolute Gasteiger partial charge is 0.496 e. The molecule has 0 aromatic carbocycles. The first-order valence-electron chi connectivity index (χ1n) is 3.91. The van der Waals surface area contributed by atoms with Crippen molar-refractivity contribution in [3.8, 4) is 17.1 Å². The van der Waals surface area contributed by atoms with E-state index in [2.05, 4.69) is 4.98 Å². The Bertz CT molecular complexity index is 348. The maximum absolute atomic E-state index is 5.18. The van der Waals surface area contributed by atoms with Crippen molar-refractivity contribution in [1.82, 2.24) is 9.71 Å². The number of nitrogens with zero attached hydrogens (tertiary/aromatic N) is 2. The van der Waals surface area contributed by atoms with Crippen LogP contribution in [0.5, 0.6) is 5.75 Å². The highest BCUT2D eigenvalue weighted by Gasteiger charge is 2.13. The highest BCUT2D eigenvalue weighted by molar-refractivity contribution is 5.65. The molecule has 2 aliphatic rings. The molecule has 0 N–H and O–H groups in total. The molecule has 0 unspecified atom stereocenters. The number of aromatic nitrogens is 2. The Morgan fingerprint density at radius 2 is 2.15 bits per heavy atom. The average Bonchev–Trinajstić information content (AvgIpc) is 2.64. The molecule has 13 heavy (non-hydrogen) atoms. The quantitative estimate of drug-likeness (QED) is 0.689. The maximum atomic E-state index is 5.18. The van der Waals surface area contributed by atoms with Gasteiger partial charge in [0.1, 0.15) is 12.9 Å². The average molecular weight is 178 g/mol. The standard InChI is InChI=1S/C9H10N2O2/c1-12-8-4-6-11(13-2)9-7(8)3-5-10-9/h3-6H,1-2H3. The van der Waals surface area contributed by atoms with Crippen molar-refractivity contribution in [2.24, 2.45) is 0 Å². The van der Waals surface area contributed by atoms with Crippen molar-refractivity contribution in [3.05, 3.63) is 24.5 Å². The SMILES string of the molecule is COc1ccn(OC)c2nccc1-2. The molecule has 0 saturated heterocycles. The van der Waals surface area contributed by atoms with Crippen molar-refractivity contribution < 1.29 is 9.57 Å². The van der Waals surface area contributed by atoms with Gasteiger partial charge in [-0.1, -0.05) is 0 Å². The molecule has 0 atom stereocenters. The summed E-state index contributed by atoms with van der Waals surface area (Å²) in [5.41, 5.74) is 0.951. The number of ether oxygens (including phenoxy) is 1. The minimum absolute atomic E-state index is 0.766. The Labute approximate surface area is 76.0 Å². The van der Waals surface area contributed by atoms with E-state index in [1.165, 1.54) is 0 Å². The molecule has 0 fully saturated rings. The number of hydrogen-bond acceptors (Lipinski definition) is 3. The summed E-state index contributed by atoms with van der Waals surface area (Å²) in [4.78, 5) is 9.24. The molecule has 0 amide bonds. The second kappa shape index (κ2) is 2.97. The Morgan fingerprint density at radius 3 is 2.85 bits per heavy atom. The molecule has 4 heteroatoms. The summed E-state index contributed by atoms with van der Waals surface area (Å²) < 4.78 is 6.77. The normalized spacial score (nSPS) is 10.3. The van der Waals surface area contributed by atoms with E-state index in [0.29, 0.717) is 0 Å². The maximum Gasteiger partial charge on any atom is 0.179 e. The lowest BCUT2D eigenvalue weighted by Gasteiger charge is -2.11. The van der Waals surface area contributed by atoms with Crippen LogP contribution in [0.25, 0.3) is 11.4 Å². The zero-order valence-electron chi connectivity index (χ0n) is 7.52.